The van der Waals surface area contributed by atoms with Crippen LogP contribution in [0, 0.1) is 0 Å². The average Bonchev–Trinajstić information content (AvgIpc) is 2.34. The van der Waals surface area contributed by atoms with Gasteiger partial charge >= 0.3 is 0 Å². The highest BCUT2D eigenvalue weighted by Gasteiger charge is 2.07. The van der Waals surface area contributed by atoms with Gasteiger partial charge < -0.3 is 15.8 Å². The molecule has 1 atom stereocenters. The Hall–Kier alpha value is -1.81. The molecule has 2 rings (SSSR count). The number of nitrogens with zero attached hydrogens (tertiary/aromatic N) is 1. The fraction of sp³-hybridized carbons (Fsp3) is 0.308. The van der Waals surface area contributed by atoms with E-state index in [2.05, 4.69) is 17.2 Å². The number of nitrogens with two attached hydrogens (primary N) is 1. The first-order valence-electron chi connectivity index (χ1n) is 5.61. The number of hydrogen-bond acceptors (Lipinski definition) is 4. The van der Waals surface area contributed by atoms with Crippen molar-refractivity contribution in [1.29, 1.82) is 0 Å². The van der Waals surface area contributed by atoms with Crippen LogP contribution in [0.3, 0.4) is 0 Å². The zero-order chi connectivity index (χ0) is 12.3. The van der Waals surface area contributed by atoms with Crippen molar-refractivity contribution < 1.29 is 4.74 Å². The standard InChI is InChI=1S/C13H17N3O/c1-9(8-17-2)16-12-6-5-11(14)13-10(12)4-3-7-15-13/h3-7,9,16H,8,14H2,1-2H3. The molecular formula is C13H17N3O. The molecule has 0 spiro atoms. The Morgan fingerprint density at radius 1 is 1.41 bits per heavy atom. The number of methoxy groups -OCH3 is 1. The van der Waals surface area contributed by atoms with E-state index in [1.165, 1.54) is 0 Å². The highest BCUT2D eigenvalue weighted by Crippen LogP contribution is 2.26. The quantitative estimate of drug-likeness (QED) is 0.792. The topological polar surface area (TPSA) is 60.2 Å². The number of pyridine rings is 1. The largest absolute Gasteiger partial charge is 0.397 e. The third-order valence-corrected chi connectivity index (χ3v) is 2.62. The van der Waals surface area contributed by atoms with Gasteiger partial charge in [0.25, 0.3) is 0 Å². The number of benzene rings is 1. The molecule has 2 aromatic rings. The first-order valence-corrected chi connectivity index (χ1v) is 5.61. The molecule has 1 unspecified atom stereocenters. The first-order chi connectivity index (χ1) is 8.22. The molecule has 4 nitrogen and oxygen atoms in total. The van der Waals surface area contributed by atoms with E-state index in [-0.39, 0.29) is 6.04 Å². The fourth-order valence-electron chi connectivity index (χ4n) is 1.88. The average molecular weight is 231 g/mol. The van der Waals surface area contributed by atoms with Gasteiger partial charge in [0.05, 0.1) is 17.8 Å². The van der Waals surface area contributed by atoms with E-state index < -0.39 is 0 Å². The van der Waals surface area contributed by atoms with E-state index in [0.29, 0.717) is 12.3 Å². The Kier molecular flexibility index (Phi) is 3.44. The van der Waals surface area contributed by atoms with Gasteiger partial charge in [0.1, 0.15) is 0 Å². The van der Waals surface area contributed by atoms with Gasteiger partial charge in [-0.15, -0.1) is 0 Å². The van der Waals surface area contributed by atoms with Crippen LogP contribution in [0.4, 0.5) is 11.4 Å². The van der Waals surface area contributed by atoms with Gasteiger partial charge in [0.2, 0.25) is 0 Å². The molecule has 0 radical (unpaired) electrons. The number of nitrogen functional groups attached to an aromatic ring is 1. The monoisotopic (exact) mass is 231 g/mol. The summed E-state index contributed by atoms with van der Waals surface area (Å²) in [4.78, 5) is 4.30. The molecule has 0 saturated heterocycles. The minimum Gasteiger partial charge on any atom is -0.397 e. The van der Waals surface area contributed by atoms with E-state index in [1.54, 1.807) is 13.3 Å². The fourth-order valence-corrected chi connectivity index (χ4v) is 1.88. The van der Waals surface area contributed by atoms with E-state index in [9.17, 15) is 0 Å². The van der Waals surface area contributed by atoms with Gasteiger partial charge in [-0.25, -0.2) is 0 Å². The highest BCUT2D eigenvalue weighted by atomic mass is 16.5. The van der Waals surface area contributed by atoms with E-state index in [0.717, 1.165) is 16.6 Å². The minimum absolute atomic E-state index is 0.243. The molecule has 1 heterocycles. The van der Waals surface area contributed by atoms with Crippen LogP contribution in [-0.4, -0.2) is 24.7 Å². The van der Waals surface area contributed by atoms with Gasteiger partial charge in [-0.1, -0.05) is 0 Å². The van der Waals surface area contributed by atoms with Gasteiger partial charge in [0, 0.05) is 30.4 Å². The lowest BCUT2D eigenvalue weighted by atomic mass is 10.1. The zero-order valence-electron chi connectivity index (χ0n) is 10.1. The molecule has 1 aromatic carbocycles. The van der Waals surface area contributed by atoms with Crippen LogP contribution in [0.15, 0.2) is 30.5 Å². The maximum Gasteiger partial charge on any atom is 0.0951 e. The summed E-state index contributed by atoms with van der Waals surface area (Å²) in [5.74, 6) is 0. The first kappa shape index (κ1) is 11.7. The van der Waals surface area contributed by atoms with E-state index in [4.69, 9.17) is 10.5 Å². The Labute approximate surface area is 101 Å². The Balaban J connectivity index is 2.38. The highest BCUT2D eigenvalue weighted by molar-refractivity contribution is 5.98. The summed E-state index contributed by atoms with van der Waals surface area (Å²) in [6, 6.07) is 8.02. The summed E-state index contributed by atoms with van der Waals surface area (Å²) in [7, 11) is 1.70. The van der Waals surface area contributed by atoms with Crippen LogP contribution < -0.4 is 11.1 Å². The number of aromatic nitrogens is 1. The van der Waals surface area contributed by atoms with Crippen molar-refractivity contribution in [1.82, 2.24) is 4.98 Å². The lowest BCUT2D eigenvalue weighted by molar-refractivity contribution is 0.190. The predicted octanol–water partition coefficient (Wildman–Crippen LogP) is 2.26. The number of nitrogens with one attached hydrogen (secondary N) is 1. The van der Waals surface area contributed by atoms with Crippen LogP contribution in [0.25, 0.3) is 10.9 Å². The maximum absolute atomic E-state index is 5.90. The van der Waals surface area contributed by atoms with Crippen molar-refractivity contribution in [3.63, 3.8) is 0 Å². The summed E-state index contributed by atoms with van der Waals surface area (Å²) in [6.07, 6.45) is 1.75. The van der Waals surface area contributed by atoms with Crippen molar-refractivity contribution in [2.45, 2.75) is 13.0 Å². The molecule has 0 aliphatic heterocycles. The van der Waals surface area contributed by atoms with Crippen molar-refractivity contribution in [3.05, 3.63) is 30.5 Å². The number of rotatable bonds is 4. The van der Waals surface area contributed by atoms with Crippen LogP contribution in [0.1, 0.15) is 6.92 Å². The summed E-state index contributed by atoms with van der Waals surface area (Å²) in [6.45, 7) is 2.73. The summed E-state index contributed by atoms with van der Waals surface area (Å²) < 4.78 is 5.11. The zero-order valence-corrected chi connectivity index (χ0v) is 10.1. The van der Waals surface area contributed by atoms with Crippen LogP contribution in [0.2, 0.25) is 0 Å². The normalized spacial score (nSPS) is 12.6. The molecule has 0 amide bonds. The number of anilines is 2. The molecule has 90 valence electrons. The van der Waals surface area contributed by atoms with Gasteiger partial charge in [-0.05, 0) is 31.2 Å². The molecule has 4 heteroatoms. The molecular weight excluding hydrogens is 214 g/mol. The molecule has 1 aromatic heterocycles. The number of ether oxygens (including phenoxy) is 1. The number of hydrogen-bond donors (Lipinski definition) is 2. The molecule has 0 bridgehead atoms. The van der Waals surface area contributed by atoms with Crippen LogP contribution in [-0.2, 0) is 4.74 Å². The molecule has 17 heavy (non-hydrogen) atoms. The minimum atomic E-state index is 0.243. The van der Waals surface area contributed by atoms with Crippen molar-refractivity contribution in [2.24, 2.45) is 0 Å². The van der Waals surface area contributed by atoms with Crippen molar-refractivity contribution in [2.75, 3.05) is 24.8 Å². The molecule has 0 aliphatic carbocycles. The second-order valence-electron chi connectivity index (χ2n) is 4.10. The third kappa shape index (κ3) is 2.47. The second kappa shape index (κ2) is 5.01. The SMILES string of the molecule is COCC(C)Nc1ccc(N)c2ncccc12. The summed E-state index contributed by atoms with van der Waals surface area (Å²) >= 11 is 0. The summed E-state index contributed by atoms with van der Waals surface area (Å²) in [5.41, 5.74) is 8.47. The maximum atomic E-state index is 5.90. The molecule has 0 saturated carbocycles. The predicted molar refractivity (Wildman–Crippen MR) is 71.1 cm³/mol. The van der Waals surface area contributed by atoms with Crippen molar-refractivity contribution >= 4 is 22.3 Å². The van der Waals surface area contributed by atoms with Crippen LogP contribution >= 0.6 is 0 Å². The van der Waals surface area contributed by atoms with Gasteiger partial charge in [-0.3, -0.25) is 4.98 Å². The molecule has 0 fully saturated rings. The van der Waals surface area contributed by atoms with Crippen LogP contribution in [0.5, 0.6) is 0 Å². The smallest absolute Gasteiger partial charge is 0.0951 e. The Morgan fingerprint density at radius 2 is 2.24 bits per heavy atom. The van der Waals surface area contributed by atoms with Gasteiger partial charge in [-0.2, -0.15) is 0 Å². The lowest BCUT2D eigenvalue weighted by Gasteiger charge is -2.16. The molecule has 0 aliphatic rings. The lowest BCUT2D eigenvalue weighted by Crippen LogP contribution is -2.20. The Morgan fingerprint density at radius 3 is 3.00 bits per heavy atom. The van der Waals surface area contributed by atoms with E-state index >= 15 is 0 Å². The van der Waals surface area contributed by atoms with Crippen molar-refractivity contribution in [3.8, 4) is 0 Å². The number of fused-ring (bicyclic) bond motifs is 1. The van der Waals surface area contributed by atoms with E-state index in [1.807, 2.05) is 24.3 Å². The Bertz CT molecular complexity index is 513. The molecule has 3 N–H and O–H groups in total. The second-order valence-corrected chi connectivity index (χ2v) is 4.10. The summed E-state index contributed by atoms with van der Waals surface area (Å²) in [5, 5.41) is 4.43. The third-order valence-electron chi connectivity index (χ3n) is 2.62. The van der Waals surface area contributed by atoms with Gasteiger partial charge in [0.15, 0.2) is 0 Å².